The minimum Gasteiger partial charge on any atom is -0.457 e. The van der Waals surface area contributed by atoms with Crippen molar-refractivity contribution >= 4 is 16.4 Å². The summed E-state index contributed by atoms with van der Waals surface area (Å²) in [6.45, 7) is 3.86. The van der Waals surface area contributed by atoms with Crippen LogP contribution < -0.4 is 0 Å². The van der Waals surface area contributed by atoms with Crippen LogP contribution in [-0.4, -0.2) is 97.5 Å². The standard InChI is InChI=1S/C59H104O12S/c1-3-5-7-9-11-13-15-17-19-21-23-25-26-27-29-31-33-35-37-39-41-43-45-47-49-67-51-53(52-68-59-57(63)58(71-72(64,65)66)56(62)54(50-60)70-59)69-55(61)48-46-44-42-40-38-36-34-32-30-28-24-22-20-18-16-14-12-10-8-6-4-2/h6,8,12,14,18,20,24,28,32,34,38,40,53-54,56-60,62-63H,3-5,7,9-11,13,15-17,19,21-23,25-27,29-31,33,35-37,39,41-52H2,1-2H3,(H,64,65,66)/b8-6-,14-12-,20-18-,28-24-,34-32-,40-38-. The Balaban J connectivity index is 2.33. The topological polar surface area (TPSA) is 178 Å². The maximum atomic E-state index is 12.9. The zero-order valence-corrected chi connectivity index (χ0v) is 46.0. The number of unbranched alkanes of at least 4 members (excludes halogenated alkanes) is 25. The first-order chi connectivity index (χ1) is 35.1. The van der Waals surface area contributed by atoms with Crippen molar-refractivity contribution in [2.45, 2.75) is 269 Å². The van der Waals surface area contributed by atoms with Gasteiger partial charge < -0.3 is 34.3 Å². The molecular formula is C59H104O12S. The van der Waals surface area contributed by atoms with E-state index in [0.717, 1.165) is 70.6 Å². The molecule has 6 unspecified atom stereocenters. The van der Waals surface area contributed by atoms with Crippen LogP contribution in [0.2, 0.25) is 0 Å². The number of carbonyl (C=O) groups is 1. The van der Waals surface area contributed by atoms with Crippen molar-refractivity contribution in [3.63, 3.8) is 0 Å². The highest BCUT2D eigenvalue weighted by atomic mass is 32.3. The van der Waals surface area contributed by atoms with Crippen molar-refractivity contribution in [1.82, 2.24) is 0 Å². The third kappa shape index (κ3) is 41.8. The van der Waals surface area contributed by atoms with Crippen molar-refractivity contribution in [2.75, 3.05) is 26.4 Å². The number of hydrogen-bond donors (Lipinski definition) is 4. The first-order valence-corrected chi connectivity index (χ1v) is 30.1. The third-order valence-electron chi connectivity index (χ3n) is 12.8. The lowest BCUT2D eigenvalue weighted by Gasteiger charge is -2.41. The number of rotatable bonds is 50. The van der Waals surface area contributed by atoms with Crippen LogP contribution in [0.25, 0.3) is 0 Å². The SMILES string of the molecule is CC/C=C\C/C=C\C/C=C\C/C=C\C/C=C\C/C=C\CCCCC(=O)OC(COCCCCCCCCCCCCCCCCCCCCCCCCCC)COC1OC(CO)C(O)C(OS(=O)(=O)O)C1O. The van der Waals surface area contributed by atoms with Crippen molar-refractivity contribution < 1.29 is 56.2 Å². The summed E-state index contributed by atoms with van der Waals surface area (Å²) >= 11 is 0. The first kappa shape index (κ1) is 67.6. The molecule has 418 valence electrons. The Bertz CT molecular complexity index is 1520. The second kappa shape index (κ2) is 49.4. The van der Waals surface area contributed by atoms with E-state index in [9.17, 15) is 33.1 Å². The molecule has 12 nitrogen and oxygen atoms in total. The van der Waals surface area contributed by atoms with Gasteiger partial charge >= 0.3 is 16.4 Å². The fourth-order valence-corrected chi connectivity index (χ4v) is 9.07. The highest BCUT2D eigenvalue weighted by Gasteiger charge is 2.48. The quantitative estimate of drug-likeness (QED) is 0.0196. The lowest BCUT2D eigenvalue weighted by atomic mass is 9.99. The Kier molecular flexibility index (Phi) is 46.4. The zero-order valence-electron chi connectivity index (χ0n) is 45.2. The Morgan fingerprint density at radius 1 is 0.542 bits per heavy atom. The molecular weight excluding hydrogens is 933 g/mol. The molecule has 0 bridgehead atoms. The number of aliphatic hydroxyl groups excluding tert-OH is 3. The van der Waals surface area contributed by atoms with Gasteiger partial charge in [-0.05, 0) is 64.2 Å². The van der Waals surface area contributed by atoms with Crippen LogP contribution in [0.15, 0.2) is 72.9 Å². The molecule has 4 N–H and O–H groups in total. The number of esters is 1. The molecule has 1 aliphatic heterocycles. The summed E-state index contributed by atoms with van der Waals surface area (Å²) in [5.74, 6) is -0.439. The van der Waals surface area contributed by atoms with E-state index in [2.05, 4.69) is 90.9 Å². The molecule has 1 saturated heterocycles. The van der Waals surface area contributed by atoms with Gasteiger partial charge in [0.15, 0.2) is 6.29 Å². The molecule has 0 saturated carbocycles. The molecule has 6 atom stereocenters. The van der Waals surface area contributed by atoms with Crippen LogP contribution in [0.4, 0.5) is 0 Å². The van der Waals surface area contributed by atoms with E-state index in [-0.39, 0.29) is 19.6 Å². The molecule has 0 aromatic heterocycles. The zero-order chi connectivity index (χ0) is 52.4. The van der Waals surface area contributed by atoms with Crippen LogP contribution in [0.5, 0.6) is 0 Å². The van der Waals surface area contributed by atoms with Crippen molar-refractivity contribution in [2.24, 2.45) is 0 Å². The molecule has 0 radical (unpaired) electrons. The maximum absolute atomic E-state index is 12.9. The number of ether oxygens (including phenoxy) is 4. The summed E-state index contributed by atoms with van der Waals surface area (Å²) in [6.07, 6.45) is 56.6. The van der Waals surface area contributed by atoms with E-state index >= 15 is 0 Å². The van der Waals surface area contributed by atoms with E-state index in [4.69, 9.17) is 18.9 Å². The second-order valence-electron chi connectivity index (χ2n) is 19.5. The Morgan fingerprint density at radius 3 is 1.38 bits per heavy atom. The third-order valence-corrected chi connectivity index (χ3v) is 13.3. The second-order valence-corrected chi connectivity index (χ2v) is 20.6. The minimum absolute atomic E-state index is 0.0173. The molecule has 13 heteroatoms. The predicted octanol–water partition coefficient (Wildman–Crippen LogP) is 14.2. The number of carbonyl (C=O) groups excluding carboxylic acids is 1. The summed E-state index contributed by atoms with van der Waals surface area (Å²) < 4.78 is 59.4. The average molecular weight is 1040 g/mol. The molecule has 1 fully saturated rings. The van der Waals surface area contributed by atoms with Gasteiger partial charge in [0, 0.05) is 13.0 Å². The smallest absolute Gasteiger partial charge is 0.397 e. The van der Waals surface area contributed by atoms with Crippen LogP contribution >= 0.6 is 0 Å². The van der Waals surface area contributed by atoms with Crippen LogP contribution in [0.3, 0.4) is 0 Å². The van der Waals surface area contributed by atoms with E-state index in [1.807, 2.05) is 0 Å². The summed E-state index contributed by atoms with van der Waals surface area (Å²) in [5, 5.41) is 30.8. The van der Waals surface area contributed by atoms with Gasteiger partial charge in [-0.2, -0.15) is 8.42 Å². The molecule has 0 aliphatic carbocycles. The highest BCUT2D eigenvalue weighted by molar-refractivity contribution is 7.80. The molecule has 0 aromatic carbocycles. The molecule has 0 aromatic rings. The van der Waals surface area contributed by atoms with Crippen molar-refractivity contribution in [3.05, 3.63) is 72.9 Å². The van der Waals surface area contributed by atoms with Gasteiger partial charge in [-0.15, -0.1) is 0 Å². The van der Waals surface area contributed by atoms with Gasteiger partial charge in [0.1, 0.15) is 30.5 Å². The van der Waals surface area contributed by atoms with Crippen LogP contribution in [-0.2, 0) is 38.3 Å². The van der Waals surface area contributed by atoms with Crippen molar-refractivity contribution in [1.29, 1.82) is 0 Å². The van der Waals surface area contributed by atoms with E-state index in [1.165, 1.54) is 135 Å². The number of aliphatic hydroxyl groups is 3. The lowest BCUT2D eigenvalue weighted by molar-refractivity contribution is -0.301. The first-order valence-electron chi connectivity index (χ1n) is 28.7. The van der Waals surface area contributed by atoms with Crippen LogP contribution in [0, 0.1) is 0 Å². The molecule has 72 heavy (non-hydrogen) atoms. The monoisotopic (exact) mass is 1040 g/mol. The Labute approximate surface area is 439 Å². The summed E-state index contributed by atoms with van der Waals surface area (Å²) in [6, 6.07) is 0. The maximum Gasteiger partial charge on any atom is 0.397 e. The molecule has 0 amide bonds. The van der Waals surface area contributed by atoms with E-state index in [1.54, 1.807) is 0 Å². The van der Waals surface area contributed by atoms with Gasteiger partial charge in [-0.1, -0.05) is 234 Å². The fourth-order valence-electron chi connectivity index (χ4n) is 8.56. The summed E-state index contributed by atoms with van der Waals surface area (Å²) in [5.41, 5.74) is 0. The molecule has 1 heterocycles. The van der Waals surface area contributed by atoms with Gasteiger partial charge in [-0.25, -0.2) is 4.18 Å². The van der Waals surface area contributed by atoms with Gasteiger partial charge in [0.2, 0.25) is 0 Å². The largest absolute Gasteiger partial charge is 0.457 e. The molecule has 0 spiro atoms. The summed E-state index contributed by atoms with van der Waals surface area (Å²) in [7, 11) is -5.08. The van der Waals surface area contributed by atoms with Gasteiger partial charge in [-0.3, -0.25) is 9.35 Å². The van der Waals surface area contributed by atoms with Crippen LogP contribution in [0.1, 0.15) is 232 Å². The minimum atomic E-state index is -5.08. The van der Waals surface area contributed by atoms with Crippen molar-refractivity contribution in [3.8, 4) is 0 Å². The fraction of sp³-hybridized carbons (Fsp3) is 0.780. The lowest BCUT2D eigenvalue weighted by Crippen LogP contribution is -2.60. The van der Waals surface area contributed by atoms with Gasteiger partial charge in [0.05, 0.1) is 19.8 Å². The summed E-state index contributed by atoms with van der Waals surface area (Å²) in [4.78, 5) is 12.9. The number of hydrogen-bond acceptors (Lipinski definition) is 11. The molecule has 1 aliphatic rings. The predicted molar refractivity (Wildman–Crippen MR) is 294 cm³/mol. The normalized spacial score (nSPS) is 19.4. The van der Waals surface area contributed by atoms with Gasteiger partial charge in [0.25, 0.3) is 0 Å². The number of allylic oxidation sites excluding steroid dienone is 12. The Hall–Kier alpha value is -2.46. The average Bonchev–Trinajstić information content (AvgIpc) is 3.36. The molecule has 1 rings (SSSR count). The Morgan fingerprint density at radius 2 is 0.958 bits per heavy atom. The van der Waals surface area contributed by atoms with E-state index in [0.29, 0.717) is 13.0 Å². The van der Waals surface area contributed by atoms with E-state index < -0.39 is 59.8 Å². The highest BCUT2D eigenvalue weighted by Crippen LogP contribution is 2.26.